The zero-order valence-electron chi connectivity index (χ0n) is 12.8. The van der Waals surface area contributed by atoms with E-state index in [4.69, 9.17) is 4.74 Å². The number of halogens is 1. The number of rotatable bonds is 4. The summed E-state index contributed by atoms with van der Waals surface area (Å²) in [6, 6.07) is 14.7. The molecule has 0 aliphatic rings. The Bertz CT molecular complexity index is 839. The molecule has 2 amide bonds. The van der Waals surface area contributed by atoms with E-state index in [0.29, 0.717) is 21.6 Å². The van der Waals surface area contributed by atoms with Crippen molar-refractivity contribution >= 4 is 28.2 Å². The van der Waals surface area contributed by atoms with E-state index in [0.717, 1.165) is 0 Å². The van der Waals surface area contributed by atoms with E-state index in [-0.39, 0.29) is 0 Å². The molecule has 3 rings (SSSR count). The number of para-hydroxylation sites is 1. The Morgan fingerprint density at radius 2 is 2.00 bits per heavy atom. The molecule has 122 valence electrons. The average Bonchev–Trinajstić information content (AvgIpc) is 3.02. The normalized spacial score (nSPS) is 10.2. The van der Waals surface area contributed by atoms with E-state index in [1.165, 1.54) is 34.6 Å². The number of carbonyl (C=O) groups excluding carboxylic acids is 1. The quantitative estimate of drug-likeness (QED) is 0.744. The third-order valence-corrected chi connectivity index (χ3v) is 3.95. The molecule has 0 aliphatic heterocycles. The lowest BCUT2D eigenvalue weighted by Gasteiger charge is -2.16. The zero-order valence-corrected chi connectivity index (χ0v) is 13.6. The molecule has 0 fully saturated rings. The van der Waals surface area contributed by atoms with Crippen molar-refractivity contribution in [1.82, 2.24) is 4.98 Å². The lowest BCUT2D eigenvalue weighted by Crippen LogP contribution is -2.31. The maximum Gasteiger partial charge on any atom is 0.327 e. The number of hydrogen-bond donors (Lipinski definition) is 1. The minimum absolute atomic E-state index is 0.397. The fourth-order valence-electron chi connectivity index (χ4n) is 1.95. The summed E-state index contributed by atoms with van der Waals surface area (Å²) in [6.07, 6.45) is 1.54. The Labute approximate surface area is 142 Å². The summed E-state index contributed by atoms with van der Waals surface area (Å²) in [7, 11) is 1.55. The first-order valence-electron chi connectivity index (χ1n) is 7.11. The minimum atomic E-state index is -0.416. The predicted octanol–water partition coefficient (Wildman–Crippen LogP) is 4.74. The lowest BCUT2D eigenvalue weighted by molar-refractivity contribution is 0.258. The molecule has 0 saturated heterocycles. The van der Waals surface area contributed by atoms with Crippen molar-refractivity contribution < 1.29 is 13.9 Å². The van der Waals surface area contributed by atoms with Gasteiger partial charge in [-0.1, -0.05) is 35.6 Å². The van der Waals surface area contributed by atoms with Gasteiger partial charge in [-0.25, -0.2) is 14.2 Å². The number of urea groups is 1. The van der Waals surface area contributed by atoms with Gasteiger partial charge in [-0.3, -0.25) is 10.2 Å². The molecular formula is C17H14FN3O2S. The monoisotopic (exact) mass is 343 g/mol. The van der Waals surface area contributed by atoms with Gasteiger partial charge in [-0.15, -0.1) is 0 Å². The largest absolute Gasteiger partial charge is 0.445 e. The minimum Gasteiger partial charge on any atom is -0.445 e. The first-order chi connectivity index (χ1) is 11.6. The molecule has 1 aromatic heterocycles. The van der Waals surface area contributed by atoms with Crippen LogP contribution in [0.25, 0.3) is 0 Å². The maximum atomic E-state index is 13.2. The van der Waals surface area contributed by atoms with E-state index < -0.39 is 11.8 Å². The number of nitrogens with one attached hydrogen (secondary N) is 1. The van der Waals surface area contributed by atoms with E-state index in [2.05, 4.69) is 10.3 Å². The molecule has 0 atom stereocenters. The number of thiazole rings is 1. The highest BCUT2D eigenvalue weighted by Crippen LogP contribution is 2.30. The van der Waals surface area contributed by atoms with Gasteiger partial charge in [0.15, 0.2) is 5.13 Å². The van der Waals surface area contributed by atoms with Crippen molar-refractivity contribution in [3.63, 3.8) is 0 Å². The van der Waals surface area contributed by atoms with Crippen LogP contribution in [0.1, 0.15) is 0 Å². The van der Waals surface area contributed by atoms with E-state index in [1.54, 1.807) is 19.2 Å². The third kappa shape index (κ3) is 3.88. The van der Waals surface area contributed by atoms with Crippen LogP contribution in [-0.4, -0.2) is 18.1 Å². The Kier molecular flexibility index (Phi) is 4.72. The molecule has 3 aromatic rings. The summed E-state index contributed by atoms with van der Waals surface area (Å²) < 4.78 is 18.9. The summed E-state index contributed by atoms with van der Waals surface area (Å²) in [5.74, 6) is 0.288. The van der Waals surface area contributed by atoms with Crippen molar-refractivity contribution in [1.29, 1.82) is 0 Å². The molecule has 0 bridgehead atoms. The molecule has 1 heterocycles. The number of hydrogen-bond acceptors (Lipinski definition) is 4. The van der Waals surface area contributed by atoms with E-state index in [1.807, 2.05) is 30.3 Å². The van der Waals surface area contributed by atoms with Gasteiger partial charge in [-0.05, 0) is 30.3 Å². The molecule has 0 unspecified atom stereocenters. The van der Waals surface area contributed by atoms with Crippen molar-refractivity contribution in [2.24, 2.45) is 0 Å². The number of ether oxygens (including phenoxy) is 1. The lowest BCUT2D eigenvalue weighted by atomic mass is 10.3. The van der Waals surface area contributed by atoms with E-state index in [9.17, 15) is 9.18 Å². The van der Waals surface area contributed by atoms with Crippen molar-refractivity contribution in [2.45, 2.75) is 0 Å². The highest BCUT2D eigenvalue weighted by molar-refractivity contribution is 7.17. The van der Waals surface area contributed by atoms with Gasteiger partial charge in [0, 0.05) is 12.7 Å². The third-order valence-electron chi connectivity index (χ3n) is 3.16. The second-order valence-corrected chi connectivity index (χ2v) is 5.86. The van der Waals surface area contributed by atoms with Crippen LogP contribution in [0.5, 0.6) is 10.8 Å². The second-order valence-electron chi connectivity index (χ2n) is 4.87. The second kappa shape index (κ2) is 7.10. The van der Waals surface area contributed by atoms with Gasteiger partial charge in [0.1, 0.15) is 11.6 Å². The number of anilines is 2. The summed E-state index contributed by atoms with van der Waals surface area (Å²) in [6.45, 7) is 0. The summed E-state index contributed by atoms with van der Waals surface area (Å²) in [4.78, 5) is 17.6. The smallest absolute Gasteiger partial charge is 0.327 e. The molecule has 2 aromatic carbocycles. The van der Waals surface area contributed by atoms with Crippen LogP contribution in [-0.2, 0) is 0 Å². The Morgan fingerprint density at radius 3 is 2.75 bits per heavy atom. The molecular weight excluding hydrogens is 329 g/mol. The van der Waals surface area contributed by atoms with Crippen LogP contribution in [0.15, 0.2) is 60.8 Å². The molecule has 0 saturated carbocycles. The average molecular weight is 343 g/mol. The first kappa shape index (κ1) is 15.9. The highest BCUT2D eigenvalue weighted by atomic mass is 32.1. The SMILES string of the molecule is CN(C(=O)Nc1ncc(Oc2ccccc2)s1)c1cccc(F)c1. The Morgan fingerprint density at radius 1 is 1.21 bits per heavy atom. The van der Waals surface area contributed by atoms with Crippen molar-refractivity contribution in [3.05, 3.63) is 66.6 Å². The van der Waals surface area contributed by atoms with Gasteiger partial charge in [-0.2, -0.15) is 0 Å². The molecule has 0 spiro atoms. The van der Waals surface area contributed by atoms with Crippen LogP contribution in [0.3, 0.4) is 0 Å². The predicted molar refractivity (Wildman–Crippen MR) is 92.5 cm³/mol. The van der Waals surface area contributed by atoms with Gasteiger partial charge >= 0.3 is 6.03 Å². The Hall–Kier alpha value is -2.93. The van der Waals surface area contributed by atoms with Gasteiger partial charge < -0.3 is 4.74 Å². The molecule has 0 radical (unpaired) electrons. The Balaban J connectivity index is 1.65. The summed E-state index contributed by atoms with van der Waals surface area (Å²) >= 11 is 1.21. The zero-order chi connectivity index (χ0) is 16.9. The van der Waals surface area contributed by atoms with Gasteiger partial charge in [0.2, 0.25) is 5.06 Å². The number of carbonyl (C=O) groups is 1. The van der Waals surface area contributed by atoms with Gasteiger partial charge in [0.05, 0.1) is 6.20 Å². The van der Waals surface area contributed by atoms with E-state index >= 15 is 0 Å². The van der Waals surface area contributed by atoms with Crippen LogP contribution >= 0.6 is 11.3 Å². The fraction of sp³-hybridized carbons (Fsp3) is 0.0588. The number of nitrogens with zero attached hydrogens (tertiary/aromatic N) is 2. The standard InChI is InChI=1S/C17H14FN3O2S/c1-21(13-7-5-6-12(18)10-13)17(22)20-16-19-11-15(24-16)23-14-8-3-2-4-9-14/h2-11H,1H3,(H,19,20,22). The molecule has 1 N–H and O–H groups in total. The first-order valence-corrected chi connectivity index (χ1v) is 7.92. The topological polar surface area (TPSA) is 54.5 Å². The molecule has 24 heavy (non-hydrogen) atoms. The van der Waals surface area contributed by atoms with Crippen LogP contribution in [0, 0.1) is 5.82 Å². The summed E-state index contributed by atoms with van der Waals surface area (Å²) in [5, 5.41) is 3.62. The maximum absolute atomic E-state index is 13.2. The van der Waals surface area contributed by atoms with Crippen LogP contribution in [0.4, 0.5) is 20.0 Å². The van der Waals surface area contributed by atoms with Crippen LogP contribution < -0.4 is 15.0 Å². The van der Waals surface area contributed by atoms with Gasteiger partial charge in [0.25, 0.3) is 0 Å². The highest BCUT2D eigenvalue weighted by Gasteiger charge is 2.14. The fourth-order valence-corrected chi connectivity index (χ4v) is 2.62. The van der Waals surface area contributed by atoms with Crippen LogP contribution in [0.2, 0.25) is 0 Å². The number of amides is 2. The number of benzene rings is 2. The van der Waals surface area contributed by atoms with Crippen molar-refractivity contribution in [2.75, 3.05) is 17.3 Å². The number of aromatic nitrogens is 1. The molecule has 7 heteroatoms. The molecule has 5 nitrogen and oxygen atoms in total. The van der Waals surface area contributed by atoms with Crippen molar-refractivity contribution in [3.8, 4) is 10.8 Å². The molecule has 0 aliphatic carbocycles. The summed E-state index contributed by atoms with van der Waals surface area (Å²) in [5.41, 5.74) is 0.449.